The van der Waals surface area contributed by atoms with Gasteiger partial charge in [0.2, 0.25) is 0 Å². The van der Waals surface area contributed by atoms with Gasteiger partial charge < -0.3 is 14.9 Å². The fourth-order valence-corrected chi connectivity index (χ4v) is 3.48. The maximum absolute atomic E-state index is 11.6. The lowest BCUT2D eigenvalue weighted by Gasteiger charge is -1.99. The molecule has 0 spiro atoms. The van der Waals surface area contributed by atoms with Crippen LogP contribution in [0, 0.1) is 13.8 Å². The maximum Gasteiger partial charge on any atom is 0.361 e. The quantitative estimate of drug-likeness (QED) is 0.483. The van der Waals surface area contributed by atoms with Crippen molar-refractivity contribution in [3.63, 3.8) is 0 Å². The van der Waals surface area contributed by atoms with Gasteiger partial charge in [0.25, 0.3) is 0 Å². The normalized spacial score (nSPS) is 9.78. The largest absolute Gasteiger partial charge is 0.461 e. The third-order valence-electron chi connectivity index (χ3n) is 3.17. The second-order valence-corrected chi connectivity index (χ2v) is 6.62. The zero-order chi connectivity index (χ0) is 19.1. The lowest BCUT2D eigenvalue weighted by Crippen LogP contribution is -2.12. The monoisotopic (exact) mass is 430 g/mol. The molecule has 3 aromatic heterocycles. The summed E-state index contributed by atoms with van der Waals surface area (Å²) < 4.78 is 10.1. The predicted octanol–water partition coefficient (Wildman–Crippen LogP) is 3.30. The fraction of sp³-hybridized carbons (Fsp3) is 0.312. The smallest absolute Gasteiger partial charge is 0.361 e. The molecule has 0 unspecified atom stereocenters. The van der Waals surface area contributed by atoms with Gasteiger partial charge in [-0.1, -0.05) is 0 Å². The van der Waals surface area contributed by atoms with E-state index in [2.05, 4.69) is 15.0 Å². The molecule has 0 aliphatic carbocycles. The highest BCUT2D eigenvalue weighted by molar-refractivity contribution is 7.13. The molecule has 0 atom stereocenters. The number of esters is 1. The lowest BCUT2D eigenvalue weighted by atomic mass is 10.2. The number of oxazole rings is 1. The Balaban J connectivity index is 0.000000288. The number of thiazole rings is 2. The van der Waals surface area contributed by atoms with Gasteiger partial charge in [0.1, 0.15) is 0 Å². The average Bonchev–Trinajstić information content (AvgIpc) is 3.35. The molecule has 0 saturated heterocycles. The van der Waals surface area contributed by atoms with Gasteiger partial charge in [0.05, 0.1) is 45.3 Å². The van der Waals surface area contributed by atoms with Gasteiger partial charge in [-0.2, -0.15) is 0 Å². The molecule has 3 heterocycles. The van der Waals surface area contributed by atoms with Crippen molar-refractivity contribution in [1.82, 2.24) is 15.0 Å². The van der Waals surface area contributed by atoms with Crippen LogP contribution in [-0.2, 0) is 4.74 Å². The highest BCUT2D eigenvalue weighted by atomic mass is 35.5. The highest BCUT2D eigenvalue weighted by Crippen LogP contribution is 2.30. The Labute approximate surface area is 170 Å². The number of aromatic nitrogens is 3. The summed E-state index contributed by atoms with van der Waals surface area (Å²) in [7, 11) is 0. The Kier molecular flexibility index (Phi) is 9.22. The molecule has 8 nitrogen and oxygen atoms in total. The Morgan fingerprint density at radius 3 is 2.33 bits per heavy atom. The predicted molar refractivity (Wildman–Crippen MR) is 106 cm³/mol. The number of halogens is 1. The molecular formula is C16H19ClN4O4S2. The van der Waals surface area contributed by atoms with Crippen molar-refractivity contribution < 1.29 is 18.7 Å². The van der Waals surface area contributed by atoms with E-state index in [0.717, 1.165) is 16.3 Å². The summed E-state index contributed by atoms with van der Waals surface area (Å²) in [4.78, 5) is 35.9. The van der Waals surface area contributed by atoms with Crippen LogP contribution < -0.4 is 5.73 Å². The first kappa shape index (κ1) is 22.9. The molecule has 27 heavy (non-hydrogen) atoms. The van der Waals surface area contributed by atoms with Crippen molar-refractivity contribution in [3.05, 3.63) is 39.4 Å². The Hall–Kier alpha value is -2.14. The van der Waals surface area contributed by atoms with Gasteiger partial charge in [-0.25, -0.2) is 19.7 Å². The zero-order valence-electron chi connectivity index (χ0n) is 14.9. The number of carbonyl (C=O) groups is 2. The zero-order valence-corrected chi connectivity index (χ0v) is 17.4. The van der Waals surface area contributed by atoms with E-state index in [4.69, 9.17) is 14.9 Å². The third kappa shape index (κ3) is 5.67. The minimum Gasteiger partial charge on any atom is -0.461 e. The summed E-state index contributed by atoms with van der Waals surface area (Å²) >= 11 is 2.75. The Morgan fingerprint density at radius 2 is 1.81 bits per heavy atom. The molecular weight excluding hydrogens is 412 g/mol. The van der Waals surface area contributed by atoms with Crippen molar-refractivity contribution in [2.75, 3.05) is 13.2 Å². The summed E-state index contributed by atoms with van der Waals surface area (Å²) in [5, 5.41) is 0. The second-order valence-electron chi connectivity index (χ2n) is 4.91. The van der Waals surface area contributed by atoms with Gasteiger partial charge in [-0.15, -0.1) is 35.1 Å². The van der Waals surface area contributed by atoms with Crippen molar-refractivity contribution in [1.29, 1.82) is 0 Å². The molecule has 0 bridgehead atoms. The lowest BCUT2D eigenvalue weighted by molar-refractivity contribution is 0.0520. The molecule has 0 aromatic carbocycles. The molecule has 0 aliphatic rings. The molecule has 0 fully saturated rings. The van der Waals surface area contributed by atoms with Gasteiger partial charge in [-0.3, -0.25) is 4.79 Å². The van der Waals surface area contributed by atoms with E-state index in [-0.39, 0.29) is 30.4 Å². The van der Waals surface area contributed by atoms with Crippen LogP contribution in [-0.4, -0.2) is 39.9 Å². The minimum atomic E-state index is -0.473. The van der Waals surface area contributed by atoms with E-state index in [1.165, 1.54) is 29.1 Å². The molecule has 0 amide bonds. The third-order valence-corrected chi connectivity index (χ3v) is 5.07. The van der Waals surface area contributed by atoms with E-state index in [1.54, 1.807) is 24.9 Å². The number of nitrogens with zero attached hydrogens (tertiary/aromatic N) is 3. The van der Waals surface area contributed by atoms with Crippen molar-refractivity contribution in [2.45, 2.75) is 20.8 Å². The number of rotatable bonds is 5. The number of carbonyl (C=O) groups excluding carboxylic acids is 2. The number of nitrogens with two attached hydrogens (primary N) is 1. The summed E-state index contributed by atoms with van der Waals surface area (Å²) in [6.07, 6.45) is 1.24. The molecule has 11 heteroatoms. The van der Waals surface area contributed by atoms with Crippen LogP contribution in [0.25, 0.3) is 10.6 Å². The van der Waals surface area contributed by atoms with E-state index in [0.29, 0.717) is 17.2 Å². The molecule has 2 N–H and O–H groups in total. The topological polar surface area (TPSA) is 121 Å². The van der Waals surface area contributed by atoms with Gasteiger partial charge >= 0.3 is 5.97 Å². The van der Waals surface area contributed by atoms with Crippen LogP contribution in [0.1, 0.15) is 38.5 Å². The molecule has 0 radical (unpaired) electrons. The molecule has 146 valence electrons. The van der Waals surface area contributed by atoms with Crippen LogP contribution in [0.15, 0.2) is 21.8 Å². The van der Waals surface area contributed by atoms with Crippen molar-refractivity contribution in [2.24, 2.45) is 5.73 Å². The Morgan fingerprint density at radius 1 is 1.15 bits per heavy atom. The van der Waals surface area contributed by atoms with Gasteiger partial charge in [0.15, 0.2) is 23.6 Å². The number of hydrogen-bond acceptors (Lipinski definition) is 10. The fourth-order valence-electron chi connectivity index (χ4n) is 1.93. The number of ketones is 1. The second kappa shape index (κ2) is 10.9. The molecule has 0 aliphatic heterocycles. The van der Waals surface area contributed by atoms with E-state index < -0.39 is 5.97 Å². The first-order valence-electron chi connectivity index (χ1n) is 7.63. The van der Waals surface area contributed by atoms with E-state index in [9.17, 15) is 9.59 Å². The molecule has 3 rings (SSSR count). The summed E-state index contributed by atoms with van der Waals surface area (Å²) in [6.45, 7) is 5.79. The maximum atomic E-state index is 11.6. The van der Waals surface area contributed by atoms with E-state index >= 15 is 0 Å². The van der Waals surface area contributed by atoms with Crippen LogP contribution >= 0.6 is 35.1 Å². The Bertz CT molecular complexity index is 891. The van der Waals surface area contributed by atoms with Gasteiger partial charge in [-0.05, 0) is 20.8 Å². The number of hydrogen-bond donors (Lipinski definition) is 1. The first-order chi connectivity index (χ1) is 12.5. The number of ether oxygens (including phenoxy) is 1. The first-order valence-corrected chi connectivity index (χ1v) is 9.39. The summed E-state index contributed by atoms with van der Waals surface area (Å²) in [5.41, 5.74) is 10.3. The van der Waals surface area contributed by atoms with Crippen LogP contribution in [0.2, 0.25) is 0 Å². The number of aryl methyl sites for hydroxylation is 2. The number of Topliss-reactive ketones (excluding diaryl/α,β-unsaturated/α-hetero) is 1. The summed E-state index contributed by atoms with van der Waals surface area (Å²) in [6, 6.07) is 0. The molecule has 3 aromatic rings. The standard InChI is InChI=1S/C10H10N2O3S.C6H8N2OS.ClH/c1-3-14-10(13)7-8(15-4-11-7)9-6(2)12-5-16-9;1-4-6(5(9)2-7)10-3-8-4;/h4-5H,3H2,1-2H3;3H,2,7H2,1H3;1H. The summed E-state index contributed by atoms with van der Waals surface area (Å²) in [5.74, 6) is -0.0718. The van der Waals surface area contributed by atoms with Crippen LogP contribution in [0.5, 0.6) is 0 Å². The molecule has 0 saturated carbocycles. The SMILES string of the molecule is CCOC(=O)c1ncoc1-c1scnc1C.Cc1ncsc1C(=O)CN.Cl. The highest BCUT2D eigenvalue weighted by Gasteiger charge is 2.21. The minimum absolute atomic E-state index is 0. The van der Waals surface area contributed by atoms with Crippen LogP contribution in [0.4, 0.5) is 0 Å². The average molecular weight is 431 g/mol. The van der Waals surface area contributed by atoms with Crippen LogP contribution in [0.3, 0.4) is 0 Å². The van der Waals surface area contributed by atoms with Gasteiger partial charge in [0, 0.05) is 0 Å². The van der Waals surface area contributed by atoms with Crippen molar-refractivity contribution in [3.8, 4) is 10.6 Å². The van der Waals surface area contributed by atoms with Crippen molar-refractivity contribution >= 4 is 46.8 Å². The van der Waals surface area contributed by atoms with E-state index in [1.807, 2.05) is 6.92 Å².